The van der Waals surface area contributed by atoms with Gasteiger partial charge in [0.15, 0.2) is 0 Å². The van der Waals surface area contributed by atoms with Crippen molar-refractivity contribution in [2.45, 2.75) is 13.8 Å². The van der Waals surface area contributed by atoms with Gasteiger partial charge in [0.1, 0.15) is 0 Å². The molecule has 0 bridgehead atoms. The van der Waals surface area contributed by atoms with Crippen LogP contribution in [0.2, 0.25) is 0 Å². The Kier molecular flexibility index (Phi) is 3.24. The predicted molar refractivity (Wildman–Crippen MR) is 81.8 cm³/mol. The van der Waals surface area contributed by atoms with E-state index in [1.165, 1.54) is 5.56 Å². The summed E-state index contributed by atoms with van der Waals surface area (Å²) in [5, 5.41) is 5.36. The van der Waals surface area contributed by atoms with Crippen LogP contribution in [0, 0.1) is 13.8 Å². The summed E-state index contributed by atoms with van der Waals surface area (Å²) in [5.74, 6) is 0. The van der Waals surface area contributed by atoms with Gasteiger partial charge in [-0.25, -0.2) is 9.67 Å². The SMILES string of the molecule is Cc1cc(C)n(-c2ncc(-c3ccc(Br)cc3)s2)n1. The number of benzene rings is 1. The molecule has 2 aromatic heterocycles. The molecule has 0 radical (unpaired) electrons. The van der Waals surface area contributed by atoms with Crippen LogP contribution >= 0.6 is 27.3 Å². The molecular formula is C14H12BrN3S. The van der Waals surface area contributed by atoms with Crippen LogP contribution in [0.5, 0.6) is 0 Å². The standard InChI is InChI=1S/C14H12BrN3S/c1-9-7-10(2)18(17-9)14-16-8-13(19-14)11-3-5-12(15)6-4-11/h3-8H,1-2H3. The maximum Gasteiger partial charge on any atom is 0.211 e. The van der Waals surface area contributed by atoms with Gasteiger partial charge in [0.05, 0.1) is 10.6 Å². The largest absolute Gasteiger partial charge is 0.226 e. The zero-order valence-electron chi connectivity index (χ0n) is 10.6. The van der Waals surface area contributed by atoms with Crippen LogP contribution in [-0.2, 0) is 0 Å². The maximum absolute atomic E-state index is 4.47. The molecule has 0 atom stereocenters. The van der Waals surface area contributed by atoms with Gasteiger partial charge in [-0.15, -0.1) is 0 Å². The molecule has 5 heteroatoms. The Hall–Kier alpha value is -1.46. The molecular weight excluding hydrogens is 322 g/mol. The zero-order chi connectivity index (χ0) is 13.4. The third kappa shape index (κ3) is 2.48. The van der Waals surface area contributed by atoms with E-state index in [0.717, 1.165) is 25.9 Å². The number of hydrogen-bond acceptors (Lipinski definition) is 3. The Bertz CT molecular complexity index is 713. The Morgan fingerprint density at radius 1 is 1.16 bits per heavy atom. The fourth-order valence-corrected chi connectivity index (χ4v) is 3.13. The summed E-state index contributed by atoms with van der Waals surface area (Å²) in [6.45, 7) is 4.04. The number of aryl methyl sites for hydroxylation is 2. The molecule has 3 aromatic rings. The van der Waals surface area contributed by atoms with Gasteiger partial charge in [-0.05, 0) is 37.6 Å². The van der Waals surface area contributed by atoms with Gasteiger partial charge < -0.3 is 0 Å². The van der Waals surface area contributed by atoms with Crippen molar-refractivity contribution in [3.8, 4) is 15.6 Å². The molecule has 0 saturated carbocycles. The van der Waals surface area contributed by atoms with E-state index in [4.69, 9.17) is 0 Å². The van der Waals surface area contributed by atoms with Crippen LogP contribution in [0.25, 0.3) is 15.6 Å². The predicted octanol–water partition coefficient (Wildman–Crippen LogP) is 4.38. The zero-order valence-corrected chi connectivity index (χ0v) is 13.0. The van der Waals surface area contributed by atoms with Crippen LogP contribution in [0.3, 0.4) is 0 Å². The monoisotopic (exact) mass is 333 g/mol. The van der Waals surface area contributed by atoms with Gasteiger partial charge in [-0.2, -0.15) is 5.10 Å². The normalized spacial score (nSPS) is 10.9. The number of nitrogens with zero attached hydrogens (tertiary/aromatic N) is 3. The number of rotatable bonds is 2. The number of hydrogen-bond donors (Lipinski definition) is 0. The first kappa shape index (κ1) is 12.6. The van der Waals surface area contributed by atoms with E-state index in [1.54, 1.807) is 11.3 Å². The minimum Gasteiger partial charge on any atom is -0.226 e. The third-order valence-corrected chi connectivity index (χ3v) is 4.36. The van der Waals surface area contributed by atoms with Crippen molar-refractivity contribution in [1.82, 2.24) is 14.8 Å². The second-order valence-electron chi connectivity index (χ2n) is 4.35. The maximum atomic E-state index is 4.47. The summed E-state index contributed by atoms with van der Waals surface area (Å²) < 4.78 is 2.97. The van der Waals surface area contributed by atoms with Gasteiger partial charge in [0.2, 0.25) is 5.13 Å². The Balaban J connectivity index is 1.99. The van der Waals surface area contributed by atoms with Crippen molar-refractivity contribution in [3.05, 3.63) is 52.4 Å². The highest BCUT2D eigenvalue weighted by atomic mass is 79.9. The fraction of sp³-hybridized carbons (Fsp3) is 0.143. The Morgan fingerprint density at radius 3 is 2.53 bits per heavy atom. The smallest absolute Gasteiger partial charge is 0.211 e. The Labute approximate surface area is 124 Å². The van der Waals surface area contributed by atoms with E-state index in [-0.39, 0.29) is 0 Å². The summed E-state index contributed by atoms with van der Waals surface area (Å²) in [6.07, 6.45) is 1.90. The summed E-state index contributed by atoms with van der Waals surface area (Å²) >= 11 is 5.09. The van der Waals surface area contributed by atoms with Gasteiger partial charge in [-0.1, -0.05) is 39.4 Å². The van der Waals surface area contributed by atoms with Crippen LogP contribution in [0.1, 0.15) is 11.4 Å². The van der Waals surface area contributed by atoms with Gasteiger partial charge in [-0.3, -0.25) is 0 Å². The molecule has 0 saturated heterocycles. The summed E-state index contributed by atoms with van der Waals surface area (Å²) in [4.78, 5) is 5.61. The molecule has 0 aliphatic rings. The Morgan fingerprint density at radius 2 is 1.89 bits per heavy atom. The van der Waals surface area contributed by atoms with Crippen LogP contribution in [0.15, 0.2) is 41.0 Å². The van der Waals surface area contributed by atoms with E-state index in [1.807, 2.05) is 36.9 Å². The molecule has 0 aliphatic carbocycles. The lowest BCUT2D eigenvalue weighted by Crippen LogP contribution is -1.97. The van der Waals surface area contributed by atoms with Crippen molar-refractivity contribution in [1.29, 1.82) is 0 Å². The molecule has 1 aromatic carbocycles. The van der Waals surface area contributed by atoms with Crippen molar-refractivity contribution >= 4 is 27.3 Å². The average Bonchev–Trinajstić information content (AvgIpc) is 2.97. The highest BCUT2D eigenvalue weighted by molar-refractivity contribution is 9.10. The first-order valence-corrected chi connectivity index (χ1v) is 7.50. The summed E-state index contributed by atoms with van der Waals surface area (Å²) in [7, 11) is 0. The molecule has 0 aliphatic heterocycles. The summed E-state index contributed by atoms with van der Waals surface area (Å²) in [5.41, 5.74) is 3.29. The lowest BCUT2D eigenvalue weighted by Gasteiger charge is -1.98. The lowest BCUT2D eigenvalue weighted by molar-refractivity contribution is 0.825. The highest BCUT2D eigenvalue weighted by Crippen LogP contribution is 2.29. The van der Waals surface area contributed by atoms with Crippen LogP contribution in [-0.4, -0.2) is 14.8 Å². The molecule has 3 nitrogen and oxygen atoms in total. The van der Waals surface area contributed by atoms with E-state index in [2.05, 4.69) is 44.2 Å². The van der Waals surface area contributed by atoms with Crippen molar-refractivity contribution in [2.24, 2.45) is 0 Å². The van der Waals surface area contributed by atoms with Crippen LogP contribution < -0.4 is 0 Å². The minimum absolute atomic E-state index is 0.906. The van der Waals surface area contributed by atoms with E-state index < -0.39 is 0 Å². The number of thiazole rings is 1. The van der Waals surface area contributed by atoms with E-state index in [9.17, 15) is 0 Å². The number of aromatic nitrogens is 3. The topological polar surface area (TPSA) is 30.7 Å². The molecule has 96 valence electrons. The second kappa shape index (κ2) is 4.90. The average molecular weight is 334 g/mol. The first-order chi connectivity index (χ1) is 9.13. The lowest BCUT2D eigenvalue weighted by atomic mass is 10.2. The van der Waals surface area contributed by atoms with Crippen LogP contribution in [0.4, 0.5) is 0 Å². The third-order valence-electron chi connectivity index (χ3n) is 2.81. The van der Waals surface area contributed by atoms with Crippen molar-refractivity contribution in [2.75, 3.05) is 0 Å². The van der Waals surface area contributed by atoms with E-state index in [0.29, 0.717) is 0 Å². The molecule has 0 unspecified atom stereocenters. The van der Waals surface area contributed by atoms with Gasteiger partial charge in [0, 0.05) is 16.4 Å². The molecule has 19 heavy (non-hydrogen) atoms. The summed E-state index contributed by atoms with van der Waals surface area (Å²) in [6, 6.07) is 10.3. The van der Waals surface area contributed by atoms with Gasteiger partial charge >= 0.3 is 0 Å². The fourth-order valence-electron chi connectivity index (χ4n) is 1.93. The molecule has 0 fully saturated rings. The van der Waals surface area contributed by atoms with Crippen molar-refractivity contribution < 1.29 is 0 Å². The molecule has 0 spiro atoms. The number of halogens is 1. The van der Waals surface area contributed by atoms with Crippen molar-refractivity contribution in [3.63, 3.8) is 0 Å². The molecule has 0 N–H and O–H groups in total. The molecule has 0 amide bonds. The quantitative estimate of drug-likeness (QED) is 0.696. The van der Waals surface area contributed by atoms with E-state index >= 15 is 0 Å². The molecule has 2 heterocycles. The molecule has 3 rings (SSSR count). The minimum atomic E-state index is 0.906. The highest BCUT2D eigenvalue weighted by Gasteiger charge is 2.09. The van der Waals surface area contributed by atoms with Gasteiger partial charge in [0.25, 0.3) is 0 Å². The first-order valence-electron chi connectivity index (χ1n) is 5.89. The second-order valence-corrected chi connectivity index (χ2v) is 6.28.